The molecular weight excluding hydrogens is 530 g/mol. The first-order chi connectivity index (χ1) is 19.3. The van der Waals surface area contributed by atoms with Gasteiger partial charge < -0.3 is 29.0 Å². The van der Waals surface area contributed by atoms with Crippen molar-refractivity contribution >= 4 is 28.7 Å². The van der Waals surface area contributed by atoms with Crippen LogP contribution in [0, 0.1) is 24.0 Å². The summed E-state index contributed by atoms with van der Waals surface area (Å²) in [6.07, 6.45) is 1.75. The van der Waals surface area contributed by atoms with Crippen molar-refractivity contribution in [1.29, 1.82) is 0 Å². The Bertz CT molecular complexity index is 1590. The maximum atomic E-state index is 12.1. The molecule has 1 saturated heterocycles. The summed E-state index contributed by atoms with van der Waals surface area (Å²) < 4.78 is 18.4. The lowest BCUT2D eigenvalue weighted by molar-refractivity contribution is -0.384. The van der Waals surface area contributed by atoms with Crippen molar-refractivity contribution in [3.05, 3.63) is 99.6 Å². The van der Waals surface area contributed by atoms with Crippen LogP contribution in [0.15, 0.2) is 66.9 Å². The van der Waals surface area contributed by atoms with Gasteiger partial charge in [0.2, 0.25) is 0 Å². The summed E-state index contributed by atoms with van der Waals surface area (Å²) in [6, 6.07) is 17.5. The van der Waals surface area contributed by atoms with E-state index in [0.717, 1.165) is 28.3 Å². The molecule has 0 amide bonds. The topological polar surface area (TPSA) is 104 Å². The maximum absolute atomic E-state index is 12.1. The van der Waals surface area contributed by atoms with Crippen molar-refractivity contribution in [1.82, 2.24) is 14.9 Å². The minimum absolute atomic E-state index is 0.0552. The highest BCUT2D eigenvalue weighted by Gasteiger charge is 2.43. The molecule has 0 aliphatic carbocycles. The van der Waals surface area contributed by atoms with E-state index in [-0.39, 0.29) is 17.8 Å². The highest BCUT2D eigenvalue weighted by molar-refractivity contribution is 7.80. The van der Waals surface area contributed by atoms with Crippen molar-refractivity contribution in [2.45, 2.75) is 25.9 Å². The number of methoxy groups -OCH3 is 3. The van der Waals surface area contributed by atoms with E-state index in [9.17, 15) is 10.1 Å². The number of hydrogen-bond donors (Lipinski definition) is 1. The Morgan fingerprint density at radius 2 is 1.68 bits per heavy atom. The number of anilines is 1. The molecule has 1 aliphatic heterocycles. The number of ether oxygens (including phenoxy) is 3. The zero-order valence-corrected chi connectivity index (χ0v) is 23.6. The molecule has 5 rings (SSSR count). The number of nitrogens with one attached hydrogen (secondary N) is 1. The van der Waals surface area contributed by atoms with Crippen LogP contribution < -0.4 is 24.4 Å². The van der Waals surface area contributed by atoms with Gasteiger partial charge in [-0.1, -0.05) is 6.07 Å². The van der Waals surface area contributed by atoms with Gasteiger partial charge in [-0.15, -0.1) is 0 Å². The van der Waals surface area contributed by atoms with Gasteiger partial charge in [-0.05, 0) is 74.1 Å². The molecule has 2 atom stereocenters. The summed E-state index contributed by atoms with van der Waals surface area (Å²) in [7, 11) is 4.70. The van der Waals surface area contributed by atoms with Crippen LogP contribution in [0.3, 0.4) is 0 Å². The zero-order chi connectivity index (χ0) is 28.6. The molecule has 40 heavy (non-hydrogen) atoms. The third-order valence-corrected chi connectivity index (χ3v) is 7.47. The minimum atomic E-state index is -0.396. The van der Waals surface area contributed by atoms with Crippen molar-refractivity contribution in [3.63, 3.8) is 0 Å². The van der Waals surface area contributed by atoms with Crippen LogP contribution in [-0.2, 0) is 0 Å². The van der Waals surface area contributed by atoms with Crippen molar-refractivity contribution in [2.75, 3.05) is 26.2 Å². The highest BCUT2D eigenvalue weighted by atomic mass is 32.1. The number of rotatable bonds is 8. The second-order valence-corrected chi connectivity index (χ2v) is 9.69. The van der Waals surface area contributed by atoms with Crippen LogP contribution in [0.25, 0.3) is 5.69 Å². The number of hydrogen-bond acceptors (Lipinski definition) is 7. The number of nitro groups is 1. The molecule has 10 nitrogen and oxygen atoms in total. The van der Waals surface area contributed by atoms with Gasteiger partial charge in [0, 0.05) is 23.7 Å². The average Bonchev–Trinajstić information content (AvgIpc) is 3.47. The molecule has 2 aromatic carbocycles. The molecule has 1 N–H and O–H groups in total. The fraction of sp³-hybridized carbons (Fsp3) is 0.241. The van der Waals surface area contributed by atoms with Crippen LogP contribution in [-0.4, -0.2) is 40.9 Å². The molecule has 11 heteroatoms. The normalized spacial score (nSPS) is 16.5. The van der Waals surface area contributed by atoms with E-state index in [1.54, 1.807) is 32.5 Å². The lowest BCUT2D eigenvalue weighted by atomic mass is 9.96. The summed E-state index contributed by atoms with van der Waals surface area (Å²) in [5.41, 5.74) is 4.50. The van der Waals surface area contributed by atoms with Crippen LogP contribution in [0.2, 0.25) is 0 Å². The van der Waals surface area contributed by atoms with E-state index < -0.39 is 4.92 Å². The molecule has 0 unspecified atom stereocenters. The average molecular weight is 560 g/mol. The first-order valence-electron chi connectivity index (χ1n) is 12.5. The van der Waals surface area contributed by atoms with Crippen LogP contribution >= 0.6 is 12.2 Å². The third kappa shape index (κ3) is 4.58. The van der Waals surface area contributed by atoms with Crippen molar-refractivity contribution in [2.24, 2.45) is 0 Å². The SMILES string of the molecule is COc1ccc(OC)c(N2C(=S)N[C@@H](c3ccccn3)[C@@H]2c2cc(C)n(-c3ccc(OC)cc3[N+](=O)[O-])c2C)c1. The Morgan fingerprint density at radius 3 is 2.33 bits per heavy atom. The Hall–Kier alpha value is -4.64. The molecule has 2 aromatic heterocycles. The van der Waals surface area contributed by atoms with E-state index in [1.165, 1.54) is 13.2 Å². The van der Waals surface area contributed by atoms with E-state index in [1.807, 2.05) is 65.8 Å². The highest BCUT2D eigenvalue weighted by Crippen LogP contribution is 2.47. The molecule has 206 valence electrons. The van der Waals surface area contributed by atoms with Gasteiger partial charge in [-0.25, -0.2) is 0 Å². The quantitative estimate of drug-likeness (QED) is 0.168. The Morgan fingerprint density at radius 1 is 0.950 bits per heavy atom. The standard InChI is InChI=1S/C29H29N5O5S/c1-17-14-21(18(2)32(17)23-11-9-19(37-3)15-24(23)34(35)36)28-27(22-8-6-7-13-30-22)31-29(40)33(28)25-16-20(38-4)10-12-26(25)39-5/h6-16,27-28H,1-5H3,(H,31,40)/t27-,28-/m0/s1. The lowest BCUT2D eigenvalue weighted by Crippen LogP contribution is -2.30. The van der Waals surface area contributed by atoms with E-state index in [2.05, 4.69) is 10.3 Å². The number of thiocarbonyl (C=S) groups is 1. The van der Waals surface area contributed by atoms with Crippen molar-refractivity contribution < 1.29 is 19.1 Å². The lowest BCUT2D eigenvalue weighted by Gasteiger charge is -2.29. The first kappa shape index (κ1) is 26.9. The zero-order valence-electron chi connectivity index (χ0n) is 22.7. The molecule has 0 saturated carbocycles. The Balaban J connectivity index is 1.73. The van der Waals surface area contributed by atoms with Crippen molar-refractivity contribution in [3.8, 4) is 22.9 Å². The largest absolute Gasteiger partial charge is 0.497 e. The second-order valence-electron chi connectivity index (χ2n) is 9.31. The Labute approximate surface area is 237 Å². The number of aromatic nitrogens is 2. The van der Waals surface area contributed by atoms with Crippen LogP contribution in [0.4, 0.5) is 11.4 Å². The predicted molar refractivity (Wildman–Crippen MR) is 156 cm³/mol. The summed E-state index contributed by atoms with van der Waals surface area (Å²) in [4.78, 5) is 18.3. The van der Waals surface area contributed by atoms with Crippen LogP contribution in [0.5, 0.6) is 17.2 Å². The molecule has 0 spiro atoms. The molecule has 0 bridgehead atoms. The van der Waals surface area contributed by atoms with E-state index in [0.29, 0.717) is 28.0 Å². The second kappa shape index (κ2) is 10.9. The molecule has 3 heterocycles. The monoisotopic (exact) mass is 559 g/mol. The van der Waals surface area contributed by atoms with Gasteiger partial charge in [0.05, 0.1) is 55.8 Å². The summed E-state index contributed by atoms with van der Waals surface area (Å²) in [5.74, 6) is 1.68. The maximum Gasteiger partial charge on any atom is 0.296 e. The fourth-order valence-electron chi connectivity index (χ4n) is 5.34. The Kier molecular flexibility index (Phi) is 7.31. The van der Waals surface area contributed by atoms with E-state index >= 15 is 0 Å². The van der Waals surface area contributed by atoms with Gasteiger partial charge in [-0.3, -0.25) is 15.1 Å². The van der Waals surface area contributed by atoms with Gasteiger partial charge in [0.15, 0.2) is 5.11 Å². The van der Waals surface area contributed by atoms with Gasteiger partial charge in [0.25, 0.3) is 5.69 Å². The number of benzene rings is 2. The van der Waals surface area contributed by atoms with Crippen LogP contribution in [0.1, 0.15) is 34.7 Å². The molecule has 0 radical (unpaired) electrons. The van der Waals surface area contributed by atoms with Gasteiger partial charge >= 0.3 is 0 Å². The number of aryl methyl sites for hydroxylation is 1. The minimum Gasteiger partial charge on any atom is -0.497 e. The summed E-state index contributed by atoms with van der Waals surface area (Å²) >= 11 is 5.90. The summed E-state index contributed by atoms with van der Waals surface area (Å²) in [6.45, 7) is 3.88. The smallest absolute Gasteiger partial charge is 0.296 e. The third-order valence-electron chi connectivity index (χ3n) is 7.15. The van der Waals surface area contributed by atoms with E-state index in [4.69, 9.17) is 26.4 Å². The predicted octanol–water partition coefficient (Wildman–Crippen LogP) is 5.60. The van der Waals surface area contributed by atoms with Gasteiger partial charge in [0.1, 0.15) is 22.9 Å². The number of nitrogens with zero attached hydrogens (tertiary/aromatic N) is 4. The number of nitro benzene ring substituents is 1. The first-order valence-corrected chi connectivity index (χ1v) is 12.9. The molecule has 1 aliphatic rings. The number of pyridine rings is 1. The molecule has 4 aromatic rings. The summed E-state index contributed by atoms with van der Waals surface area (Å²) in [5, 5.41) is 16.0. The molecule has 1 fully saturated rings. The fourth-order valence-corrected chi connectivity index (χ4v) is 5.68. The molecular formula is C29H29N5O5S. The van der Waals surface area contributed by atoms with Gasteiger partial charge in [-0.2, -0.15) is 0 Å².